The van der Waals surface area contributed by atoms with Crippen LogP contribution in [0.1, 0.15) is 5.56 Å². The molecule has 5 N–H and O–H groups in total. The Balaban J connectivity index is 2.50. The molecule has 0 aromatic heterocycles. The molecule has 1 atom stereocenters. The minimum absolute atomic E-state index is 0.169. The summed E-state index contributed by atoms with van der Waals surface area (Å²) in [6.07, 6.45) is 2.51. The van der Waals surface area contributed by atoms with Crippen LogP contribution in [0.15, 0.2) is 59.1 Å². The van der Waals surface area contributed by atoms with Gasteiger partial charge in [0.05, 0.1) is 11.6 Å². The topological polar surface area (TPSA) is 104 Å². The maximum absolute atomic E-state index is 11.0. The van der Waals surface area contributed by atoms with Crippen LogP contribution in [0, 0.1) is 0 Å². The van der Waals surface area contributed by atoms with Crippen LogP contribution in [0.25, 0.3) is 6.08 Å². The molecule has 1 aliphatic carbocycles. The van der Waals surface area contributed by atoms with Gasteiger partial charge in [0, 0.05) is 5.57 Å². The van der Waals surface area contributed by atoms with Gasteiger partial charge in [0.25, 0.3) is 0 Å². The Morgan fingerprint density at radius 3 is 2.42 bits per heavy atom. The molecule has 1 aliphatic rings. The molecule has 1 unspecified atom stereocenters. The monoisotopic (exact) mass is 259 g/mol. The zero-order chi connectivity index (χ0) is 14.0. The zero-order valence-electron chi connectivity index (χ0n) is 9.95. The Hall–Kier alpha value is -2.53. The van der Waals surface area contributed by atoms with Gasteiger partial charge in [-0.2, -0.15) is 0 Å². The van der Waals surface area contributed by atoms with Crippen LogP contribution in [0.2, 0.25) is 0 Å². The van der Waals surface area contributed by atoms with Gasteiger partial charge >= 0.3 is 5.97 Å². The standard InChI is InChI=1S/C14H13NO4/c15-12-9(6-8-4-2-1-3-5-8)13(17)11(16)7-10(12)14(18)19/h1-7,12,16-17H,15H2,(H,18,19). The predicted octanol–water partition coefficient (Wildman–Crippen LogP) is 1.75. The summed E-state index contributed by atoms with van der Waals surface area (Å²) < 4.78 is 0. The van der Waals surface area contributed by atoms with Crippen LogP contribution in [0.5, 0.6) is 0 Å². The van der Waals surface area contributed by atoms with E-state index in [1.807, 2.05) is 6.07 Å². The van der Waals surface area contributed by atoms with Gasteiger partial charge in [-0.15, -0.1) is 0 Å². The summed E-state index contributed by atoms with van der Waals surface area (Å²) in [5, 5.41) is 28.4. The summed E-state index contributed by atoms with van der Waals surface area (Å²) in [7, 11) is 0. The van der Waals surface area contributed by atoms with Gasteiger partial charge < -0.3 is 21.1 Å². The third-order valence-corrected chi connectivity index (χ3v) is 2.85. The summed E-state index contributed by atoms with van der Waals surface area (Å²) in [6, 6.07) is 8.00. The van der Waals surface area contributed by atoms with Crippen molar-refractivity contribution in [3.8, 4) is 0 Å². The van der Waals surface area contributed by atoms with E-state index in [2.05, 4.69) is 0 Å². The van der Waals surface area contributed by atoms with Gasteiger partial charge in [-0.25, -0.2) is 4.79 Å². The van der Waals surface area contributed by atoms with Crippen molar-refractivity contribution >= 4 is 12.0 Å². The molecular weight excluding hydrogens is 246 g/mol. The Bertz CT molecular complexity index is 599. The number of carbonyl (C=O) groups is 1. The van der Waals surface area contributed by atoms with Crippen molar-refractivity contribution in [2.75, 3.05) is 0 Å². The largest absolute Gasteiger partial charge is 0.504 e. The van der Waals surface area contributed by atoms with E-state index < -0.39 is 23.5 Å². The number of aliphatic carboxylic acids is 1. The van der Waals surface area contributed by atoms with Gasteiger partial charge in [0.15, 0.2) is 11.5 Å². The predicted molar refractivity (Wildman–Crippen MR) is 70.4 cm³/mol. The molecule has 0 saturated carbocycles. The molecule has 0 saturated heterocycles. The van der Waals surface area contributed by atoms with Crippen molar-refractivity contribution < 1.29 is 20.1 Å². The highest BCUT2D eigenvalue weighted by Gasteiger charge is 2.29. The molecular formula is C14H13NO4. The number of hydrogen-bond acceptors (Lipinski definition) is 4. The van der Waals surface area contributed by atoms with Gasteiger partial charge in [-0.3, -0.25) is 0 Å². The second-order valence-electron chi connectivity index (χ2n) is 4.13. The summed E-state index contributed by atoms with van der Waals surface area (Å²) in [5.74, 6) is -2.13. The summed E-state index contributed by atoms with van der Waals surface area (Å²) >= 11 is 0. The SMILES string of the molecule is NC1C(C(=O)O)=CC(O)=C(O)C1=Cc1ccccc1. The van der Waals surface area contributed by atoms with E-state index >= 15 is 0 Å². The number of aliphatic hydroxyl groups is 2. The molecule has 0 amide bonds. The first-order valence-corrected chi connectivity index (χ1v) is 5.60. The van der Waals surface area contributed by atoms with Crippen LogP contribution in [-0.4, -0.2) is 27.3 Å². The minimum Gasteiger partial charge on any atom is -0.504 e. The number of carboxylic acids is 1. The normalized spacial score (nSPS) is 21.4. The van der Waals surface area contributed by atoms with Crippen molar-refractivity contribution in [2.45, 2.75) is 6.04 Å². The first-order valence-electron chi connectivity index (χ1n) is 5.60. The minimum atomic E-state index is -1.23. The van der Waals surface area contributed by atoms with Crippen LogP contribution in [0.4, 0.5) is 0 Å². The number of hydrogen-bond donors (Lipinski definition) is 4. The Morgan fingerprint density at radius 2 is 1.84 bits per heavy atom. The lowest BCUT2D eigenvalue weighted by Crippen LogP contribution is -2.33. The molecule has 5 heteroatoms. The van der Waals surface area contributed by atoms with E-state index in [4.69, 9.17) is 10.8 Å². The highest BCUT2D eigenvalue weighted by molar-refractivity contribution is 5.91. The fourth-order valence-electron chi connectivity index (χ4n) is 1.85. The van der Waals surface area contributed by atoms with E-state index in [0.29, 0.717) is 0 Å². The van der Waals surface area contributed by atoms with E-state index in [1.54, 1.807) is 30.3 Å². The maximum atomic E-state index is 11.0. The summed E-state index contributed by atoms with van der Waals surface area (Å²) in [4.78, 5) is 11.0. The lowest BCUT2D eigenvalue weighted by atomic mass is 9.90. The van der Waals surface area contributed by atoms with Crippen LogP contribution >= 0.6 is 0 Å². The van der Waals surface area contributed by atoms with Crippen molar-refractivity contribution in [3.63, 3.8) is 0 Å². The van der Waals surface area contributed by atoms with E-state index in [1.165, 1.54) is 0 Å². The molecule has 5 nitrogen and oxygen atoms in total. The van der Waals surface area contributed by atoms with E-state index in [-0.39, 0.29) is 11.1 Å². The molecule has 98 valence electrons. The van der Waals surface area contributed by atoms with Gasteiger partial charge in [-0.05, 0) is 17.7 Å². The van der Waals surface area contributed by atoms with E-state index in [9.17, 15) is 15.0 Å². The fraction of sp³-hybridized carbons (Fsp3) is 0.0714. The zero-order valence-corrected chi connectivity index (χ0v) is 9.95. The number of rotatable bonds is 2. The van der Waals surface area contributed by atoms with Crippen molar-refractivity contribution in [3.05, 3.63) is 64.6 Å². The molecule has 1 aromatic carbocycles. The van der Waals surface area contributed by atoms with Crippen molar-refractivity contribution in [1.82, 2.24) is 0 Å². The van der Waals surface area contributed by atoms with Gasteiger partial charge in [-0.1, -0.05) is 30.3 Å². The molecule has 0 bridgehead atoms. The molecule has 2 rings (SSSR count). The van der Waals surface area contributed by atoms with Crippen molar-refractivity contribution in [2.24, 2.45) is 5.73 Å². The lowest BCUT2D eigenvalue weighted by molar-refractivity contribution is -0.132. The number of aliphatic hydroxyl groups excluding tert-OH is 2. The smallest absolute Gasteiger partial charge is 0.333 e. The number of nitrogens with two attached hydrogens (primary N) is 1. The second kappa shape index (κ2) is 4.99. The van der Waals surface area contributed by atoms with Crippen LogP contribution in [0.3, 0.4) is 0 Å². The lowest BCUT2D eigenvalue weighted by Gasteiger charge is -2.21. The number of benzene rings is 1. The Labute approximate surface area is 109 Å². The highest BCUT2D eigenvalue weighted by atomic mass is 16.4. The summed E-state index contributed by atoms with van der Waals surface area (Å²) in [6.45, 7) is 0. The quantitative estimate of drug-likeness (QED) is 0.647. The highest BCUT2D eigenvalue weighted by Crippen LogP contribution is 2.27. The molecule has 0 spiro atoms. The molecule has 0 radical (unpaired) electrons. The third kappa shape index (κ3) is 2.51. The van der Waals surface area contributed by atoms with Crippen LogP contribution < -0.4 is 5.73 Å². The molecule has 1 aromatic rings. The Kier molecular flexibility index (Phi) is 3.39. The average molecular weight is 259 g/mol. The van der Waals surface area contributed by atoms with Crippen molar-refractivity contribution in [1.29, 1.82) is 0 Å². The fourth-order valence-corrected chi connectivity index (χ4v) is 1.85. The van der Waals surface area contributed by atoms with Gasteiger partial charge in [0.1, 0.15) is 0 Å². The first-order chi connectivity index (χ1) is 9.00. The van der Waals surface area contributed by atoms with Gasteiger partial charge in [0.2, 0.25) is 0 Å². The number of carboxylic acid groups (broad SMARTS) is 1. The Morgan fingerprint density at radius 1 is 1.21 bits per heavy atom. The number of allylic oxidation sites excluding steroid dienone is 1. The molecule has 0 fully saturated rings. The molecule has 0 aliphatic heterocycles. The molecule has 19 heavy (non-hydrogen) atoms. The first kappa shape index (κ1) is 12.9. The maximum Gasteiger partial charge on any atom is 0.333 e. The second-order valence-corrected chi connectivity index (χ2v) is 4.13. The third-order valence-electron chi connectivity index (χ3n) is 2.85. The van der Waals surface area contributed by atoms with E-state index in [0.717, 1.165) is 11.6 Å². The van der Waals surface area contributed by atoms with Crippen LogP contribution in [-0.2, 0) is 4.79 Å². The average Bonchev–Trinajstić information content (AvgIpc) is 2.40. The summed E-state index contributed by atoms with van der Waals surface area (Å²) in [5.41, 5.74) is 6.55. The molecule has 0 heterocycles.